The van der Waals surface area contributed by atoms with Gasteiger partial charge in [0, 0.05) is 32.2 Å². The molecule has 0 unspecified atom stereocenters. The van der Waals surface area contributed by atoms with Crippen LogP contribution in [0.3, 0.4) is 0 Å². The Morgan fingerprint density at radius 2 is 1.81 bits per heavy atom. The molecule has 2 N–H and O–H groups in total. The van der Waals surface area contributed by atoms with Crippen molar-refractivity contribution in [2.24, 2.45) is 0 Å². The lowest BCUT2D eigenvalue weighted by Crippen LogP contribution is -2.48. The summed E-state index contributed by atoms with van der Waals surface area (Å²) < 4.78 is 28.2. The number of hydrogen-bond donors (Lipinski definition) is 2. The third kappa shape index (κ3) is 3.49. The van der Waals surface area contributed by atoms with E-state index in [4.69, 9.17) is 0 Å². The molecule has 0 aromatic heterocycles. The van der Waals surface area contributed by atoms with Gasteiger partial charge in [-0.25, -0.2) is 0 Å². The van der Waals surface area contributed by atoms with Crippen molar-refractivity contribution < 1.29 is 13.3 Å². The van der Waals surface area contributed by atoms with Crippen molar-refractivity contribution in [1.82, 2.24) is 9.62 Å². The molecule has 0 atom stereocenters. The summed E-state index contributed by atoms with van der Waals surface area (Å²) in [7, 11) is -3.78. The van der Waals surface area contributed by atoms with Gasteiger partial charge in [-0.2, -0.15) is 12.7 Å². The molecule has 1 heterocycles. The van der Waals surface area contributed by atoms with Crippen LogP contribution in [0.25, 0.3) is 0 Å². The molecule has 0 aliphatic carbocycles. The number of anilines is 1. The van der Waals surface area contributed by atoms with Gasteiger partial charge in [-0.15, -0.1) is 0 Å². The highest BCUT2D eigenvalue weighted by molar-refractivity contribution is 7.90. The van der Waals surface area contributed by atoms with Gasteiger partial charge in [-0.3, -0.25) is 14.8 Å². The van der Waals surface area contributed by atoms with Gasteiger partial charge in [-0.05, 0) is 31.0 Å². The average molecular weight is 314 g/mol. The molecule has 0 amide bonds. The van der Waals surface area contributed by atoms with E-state index in [1.165, 1.54) is 16.4 Å². The molecule has 2 rings (SSSR count). The zero-order valence-corrected chi connectivity index (χ0v) is 12.7. The molecular formula is C12H18N4O4S. The van der Waals surface area contributed by atoms with Gasteiger partial charge >= 0.3 is 10.2 Å². The van der Waals surface area contributed by atoms with E-state index in [0.29, 0.717) is 26.2 Å². The fourth-order valence-corrected chi connectivity index (χ4v) is 3.36. The first-order chi connectivity index (χ1) is 9.81. The Labute approximate surface area is 123 Å². The third-order valence-corrected chi connectivity index (χ3v) is 4.99. The molecule has 1 fully saturated rings. The minimum Gasteiger partial charge on any atom is -0.314 e. The summed E-state index contributed by atoms with van der Waals surface area (Å²) in [5.41, 5.74) is 1.30. The molecule has 1 aromatic rings. The van der Waals surface area contributed by atoms with E-state index in [0.717, 1.165) is 11.1 Å². The van der Waals surface area contributed by atoms with Crippen molar-refractivity contribution in [2.45, 2.75) is 13.8 Å². The highest BCUT2D eigenvalue weighted by Crippen LogP contribution is 2.29. The van der Waals surface area contributed by atoms with Crippen molar-refractivity contribution in [2.75, 3.05) is 30.9 Å². The summed E-state index contributed by atoms with van der Waals surface area (Å²) in [5, 5.41) is 14.1. The fraction of sp³-hybridized carbons (Fsp3) is 0.500. The summed E-state index contributed by atoms with van der Waals surface area (Å²) in [4.78, 5) is 10.5. The molecule has 0 saturated carbocycles. The summed E-state index contributed by atoms with van der Waals surface area (Å²) >= 11 is 0. The normalized spacial score (nSPS) is 16.7. The van der Waals surface area contributed by atoms with Gasteiger partial charge in [0.05, 0.1) is 4.92 Å². The van der Waals surface area contributed by atoms with E-state index in [9.17, 15) is 18.5 Å². The van der Waals surface area contributed by atoms with Gasteiger partial charge < -0.3 is 5.32 Å². The number of piperazine rings is 1. The maximum Gasteiger partial charge on any atom is 0.301 e. The van der Waals surface area contributed by atoms with Crippen LogP contribution < -0.4 is 10.0 Å². The quantitative estimate of drug-likeness (QED) is 0.631. The lowest BCUT2D eigenvalue weighted by atomic mass is 10.1. The minimum absolute atomic E-state index is 0.00151. The van der Waals surface area contributed by atoms with E-state index < -0.39 is 15.1 Å². The molecule has 0 spiro atoms. The topological polar surface area (TPSA) is 105 Å². The van der Waals surface area contributed by atoms with Crippen LogP contribution in [0.1, 0.15) is 11.1 Å². The van der Waals surface area contributed by atoms with Crippen LogP contribution in [0, 0.1) is 24.0 Å². The maximum absolute atomic E-state index is 12.3. The largest absolute Gasteiger partial charge is 0.314 e. The van der Waals surface area contributed by atoms with E-state index in [-0.39, 0.29) is 11.4 Å². The summed E-state index contributed by atoms with van der Waals surface area (Å²) in [6.07, 6.45) is 0. The lowest BCUT2D eigenvalue weighted by Gasteiger charge is -2.26. The Hall–Kier alpha value is -1.71. The monoisotopic (exact) mass is 314 g/mol. The van der Waals surface area contributed by atoms with Crippen molar-refractivity contribution in [3.8, 4) is 0 Å². The van der Waals surface area contributed by atoms with E-state index in [2.05, 4.69) is 10.0 Å². The first-order valence-electron chi connectivity index (χ1n) is 6.55. The number of benzene rings is 1. The molecule has 9 heteroatoms. The fourth-order valence-electron chi connectivity index (χ4n) is 2.12. The van der Waals surface area contributed by atoms with Crippen molar-refractivity contribution >= 4 is 21.6 Å². The standard InChI is InChI=1S/C12H18N4O4S/c1-9-7-11(12(16(17)18)8-10(9)2)14-21(19,20)15-5-3-13-4-6-15/h7-8,13-14H,3-6H2,1-2H3. The first-order valence-corrected chi connectivity index (χ1v) is 7.99. The van der Waals surface area contributed by atoms with E-state index >= 15 is 0 Å². The first kappa shape index (κ1) is 15.7. The summed E-state index contributed by atoms with van der Waals surface area (Å²) in [6, 6.07) is 2.87. The minimum atomic E-state index is -3.78. The maximum atomic E-state index is 12.3. The molecule has 0 radical (unpaired) electrons. The second-order valence-electron chi connectivity index (χ2n) is 4.97. The molecule has 1 aliphatic heterocycles. The average Bonchev–Trinajstić information content (AvgIpc) is 2.43. The Morgan fingerprint density at radius 3 is 2.38 bits per heavy atom. The van der Waals surface area contributed by atoms with Crippen LogP contribution in [0.2, 0.25) is 0 Å². The third-order valence-electron chi connectivity index (χ3n) is 3.46. The Morgan fingerprint density at radius 1 is 1.24 bits per heavy atom. The Bertz CT molecular complexity index is 653. The lowest BCUT2D eigenvalue weighted by molar-refractivity contribution is -0.383. The Kier molecular flexibility index (Phi) is 4.45. The summed E-state index contributed by atoms with van der Waals surface area (Å²) in [6.45, 7) is 5.34. The van der Waals surface area contributed by atoms with Crippen LogP contribution in [-0.2, 0) is 10.2 Å². The molecule has 1 saturated heterocycles. The molecule has 0 bridgehead atoms. The van der Waals surface area contributed by atoms with Crippen molar-refractivity contribution in [3.63, 3.8) is 0 Å². The summed E-state index contributed by atoms with van der Waals surface area (Å²) in [5.74, 6) is 0. The number of nitro groups is 1. The predicted octanol–water partition coefficient (Wildman–Crippen LogP) is 0.774. The molecule has 8 nitrogen and oxygen atoms in total. The second kappa shape index (κ2) is 5.96. The van der Waals surface area contributed by atoms with Gasteiger partial charge in [-0.1, -0.05) is 0 Å². The van der Waals surface area contributed by atoms with E-state index in [1.54, 1.807) is 13.8 Å². The van der Waals surface area contributed by atoms with Crippen LogP contribution >= 0.6 is 0 Å². The molecule has 21 heavy (non-hydrogen) atoms. The van der Waals surface area contributed by atoms with Crippen molar-refractivity contribution in [3.05, 3.63) is 33.4 Å². The van der Waals surface area contributed by atoms with Gasteiger partial charge in [0.25, 0.3) is 5.69 Å². The molecule has 1 aliphatic rings. The van der Waals surface area contributed by atoms with Crippen LogP contribution in [0.4, 0.5) is 11.4 Å². The zero-order valence-electron chi connectivity index (χ0n) is 11.9. The SMILES string of the molecule is Cc1cc(NS(=O)(=O)N2CCNCC2)c([N+](=O)[O-])cc1C. The van der Waals surface area contributed by atoms with Crippen LogP contribution in [-0.4, -0.2) is 43.8 Å². The Balaban J connectivity index is 2.33. The number of nitrogens with one attached hydrogen (secondary N) is 2. The number of rotatable bonds is 4. The zero-order chi connectivity index (χ0) is 15.6. The molecule has 1 aromatic carbocycles. The predicted molar refractivity (Wildman–Crippen MR) is 79.6 cm³/mol. The van der Waals surface area contributed by atoms with Gasteiger partial charge in [0.1, 0.15) is 5.69 Å². The highest BCUT2D eigenvalue weighted by Gasteiger charge is 2.27. The van der Waals surface area contributed by atoms with E-state index in [1.807, 2.05) is 0 Å². The highest BCUT2D eigenvalue weighted by atomic mass is 32.2. The molecule has 116 valence electrons. The van der Waals surface area contributed by atoms with Gasteiger partial charge in [0.15, 0.2) is 0 Å². The smallest absolute Gasteiger partial charge is 0.301 e. The number of nitrogens with zero attached hydrogens (tertiary/aromatic N) is 2. The van der Waals surface area contributed by atoms with Gasteiger partial charge in [0.2, 0.25) is 0 Å². The number of nitro benzene ring substituents is 1. The van der Waals surface area contributed by atoms with Crippen molar-refractivity contribution in [1.29, 1.82) is 0 Å². The number of hydrogen-bond acceptors (Lipinski definition) is 5. The molecular weight excluding hydrogens is 296 g/mol. The number of aryl methyl sites for hydroxylation is 2. The second-order valence-corrected chi connectivity index (χ2v) is 6.64. The van der Waals surface area contributed by atoms with Crippen LogP contribution in [0.5, 0.6) is 0 Å². The van der Waals surface area contributed by atoms with Crippen LogP contribution in [0.15, 0.2) is 12.1 Å².